The van der Waals surface area contributed by atoms with Crippen molar-refractivity contribution in [3.05, 3.63) is 200 Å². The number of nitrogens with zero attached hydrogens (tertiary/aromatic N) is 1. The van der Waals surface area contributed by atoms with Gasteiger partial charge < -0.3 is 13.7 Å². The normalized spacial score (nSPS) is 11.6. The van der Waals surface area contributed by atoms with Gasteiger partial charge in [-0.05, 0) is 86.6 Å². The van der Waals surface area contributed by atoms with Gasteiger partial charge in [0.05, 0.1) is 16.8 Å². The molecule has 3 nitrogen and oxygen atoms in total. The predicted octanol–water partition coefficient (Wildman–Crippen LogP) is 15.1. The molecule has 3 heteroatoms. The van der Waals surface area contributed by atoms with Gasteiger partial charge in [0, 0.05) is 21.8 Å². The number of hydrogen-bond donors (Lipinski definition) is 0. The van der Waals surface area contributed by atoms with Crippen LogP contribution in [0.4, 0.5) is 17.1 Å². The fourth-order valence-corrected chi connectivity index (χ4v) is 8.32. The van der Waals surface area contributed by atoms with Crippen LogP contribution in [0.3, 0.4) is 0 Å². The van der Waals surface area contributed by atoms with Gasteiger partial charge in [0.2, 0.25) is 0 Å². The summed E-state index contributed by atoms with van der Waals surface area (Å²) in [6.07, 6.45) is 0. The zero-order valence-corrected chi connectivity index (χ0v) is 29.8. The Morgan fingerprint density at radius 3 is 1.60 bits per heavy atom. The summed E-state index contributed by atoms with van der Waals surface area (Å²) in [5.41, 5.74) is 13.6. The summed E-state index contributed by atoms with van der Waals surface area (Å²) < 4.78 is 13.3. The third kappa shape index (κ3) is 5.13. The Morgan fingerprint density at radius 1 is 0.291 bits per heavy atom. The quantitative estimate of drug-likeness (QED) is 0.173. The summed E-state index contributed by atoms with van der Waals surface area (Å²) in [5.74, 6) is 0. The van der Waals surface area contributed by atoms with E-state index in [4.69, 9.17) is 8.83 Å². The van der Waals surface area contributed by atoms with E-state index in [1.165, 1.54) is 38.6 Å². The fourth-order valence-electron chi connectivity index (χ4n) is 8.32. The zero-order valence-electron chi connectivity index (χ0n) is 29.8. The van der Waals surface area contributed by atoms with Crippen LogP contribution in [-0.4, -0.2) is 0 Å². The molecule has 0 bridgehead atoms. The average Bonchev–Trinajstić information content (AvgIpc) is 3.84. The number of furan rings is 2. The molecule has 0 radical (unpaired) electrons. The number of para-hydroxylation sites is 2. The monoisotopic (exact) mass is 703 g/mol. The minimum atomic E-state index is 0.833. The zero-order chi connectivity index (χ0) is 36.3. The van der Waals surface area contributed by atoms with Crippen LogP contribution < -0.4 is 4.90 Å². The maximum Gasteiger partial charge on any atom is 0.159 e. The summed E-state index contributed by atoms with van der Waals surface area (Å²) in [6, 6.07) is 70.8. The minimum Gasteiger partial charge on any atom is -0.456 e. The number of rotatable bonds is 6. The largest absolute Gasteiger partial charge is 0.456 e. The van der Waals surface area contributed by atoms with Crippen LogP contribution in [0.15, 0.2) is 209 Å². The van der Waals surface area contributed by atoms with Crippen molar-refractivity contribution in [2.45, 2.75) is 0 Å². The topological polar surface area (TPSA) is 29.5 Å². The average molecular weight is 704 g/mol. The second-order valence-corrected chi connectivity index (χ2v) is 14.0. The van der Waals surface area contributed by atoms with Crippen LogP contribution in [0.1, 0.15) is 0 Å². The van der Waals surface area contributed by atoms with Crippen molar-refractivity contribution in [1.82, 2.24) is 0 Å². The van der Waals surface area contributed by atoms with Crippen LogP contribution in [0, 0.1) is 0 Å². The highest BCUT2D eigenvalue weighted by atomic mass is 16.3. The minimum absolute atomic E-state index is 0.833. The molecular formula is C52H33NO2. The molecule has 55 heavy (non-hydrogen) atoms. The van der Waals surface area contributed by atoms with Gasteiger partial charge in [-0.25, -0.2) is 0 Å². The summed E-state index contributed by atoms with van der Waals surface area (Å²) >= 11 is 0. The Kier molecular flexibility index (Phi) is 7.17. The molecule has 0 unspecified atom stereocenters. The smallest absolute Gasteiger partial charge is 0.159 e. The molecule has 2 aromatic heterocycles. The van der Waals surface area contributed by atoms with E-state index in [9.17, 15) is 0 Å². The first kappa shape index (κ1) is 31.2. The van der Waals surface area contributed by atoms with Gasteiger partial charge >= 0.3 is 0 Å². The molecule has 0 aliphatic carbocycles. The summed E-state index contributed by atoms with van der Waals surface area (Å²) in [7, 11) is 0. The van der Waals surface area contributed by atoms with Crippen molar-refractivity contribution in [2.75, 3.05) is 4.90 Å². The summed E-state index contributed by atoms with van der Waals surface area (Å²) in [5, 5.41) is 6.68. The molecule has 2 heterocycles. The van der Waals surface area contributed by atoms with E-state index in [0.29, 0.717) is 0 Å². The first-order valence-electron chi connectivity index (χ1n) is 18.7. The third-order valence-electron chi connectivity index (χ3n) is 10.9. The van der Waals surface area contributed by atoms with Crippen molar-refractivity contribution in [3.8, 4) is 33.4 Å². The summed E-state index contributed by atoms with van der Waals surface area (Å²) in [4.78, 5) is 2.33. The Hall–Kier alpha value is -7.36. The van der Waals surface area contributed by atoms with Gasteiger partial charge in [-0.3, -0.25) is 0 Å². The van der Waals surface area contributed by atoms with Crippen LogP contribution >= 0.6 is 0 Å². The van der Waals surface area contributed by atoms with Crippen molar-refractivity contribution in [3.63, 3.8) is 0 Å². The molecule has 0 saturated heterocycles. The van der Waals surface area contributed by atoms with Gasteiger partial charge in [-0.15, -0.1) is 0 Å². The Balaban J connectivity index is 1.11. The van der Waals surface area contributed by atoms with Crippen LogP contribution in [0.2, 0.25) is 0 Å². The maximum absolute atomic E-state index is 6.93. The highest BCUT2D eigenvalue weighted by Crippen LogP contribution is 2.48. The number of benzene rings is 9. The lowest BCUT2D eigenvalue weighted by Crippen LogP contribution is -2.10. The first-order valence-corrected chi connectivity index (χ1v) is 18.7. The van der Waals surface area contributed by atoms with Crippen molar-refractivity contribution in [2.24, 2.45) is 0 Å². The first-order chi connectivity index (χ1) is 27.3. The predicted molar refractivity (Wildman–Crippen MR) is 229 cm³/mol. The van der Waals surface area contributed by atoms with E-state index in [0.717, 1.165) is 66.5 Å². The van der Waals surface area contributed by atoms with Gasteiger partial charge in [-0.2, -0.15) is 0 Å². The van der Waals surface area contributed by atoms with Crippen molar-refractivity contribution < 1.29 is 8.83 Å². The molecule has 9 aromatic carbocycles. The highest BCUT2D eigenvalue weighted by Gasteiger charge is 2.24. The SMILES string of the molecule is c1ccc(-c2ccc(-c3cccc4c3ccc3oc5c(N(c6ccc(-c7ccccc7)cc6)c6cccc7oc8ccccc8c67)cccc5c34)cc2)cc1. The van der Waals surface area contributed by atoms with Gasteiger partial charge in [0.1, 0.15) is 16.7 Å². The highest BCUT2D eigenvalue weighted by molar-refractivity contribution is 6.23. The Morgan fingerprint density at radius 2 is 0.836 bits per heavy atom. The van der Waals surface area contributed by atoms with E-state index >= 15 is 0 Å². The van der Waals surface area contributed by atoms with E-state index in [1.807, 2.05) is 12.1 Å². The fraction of sp³-hybridized carbons (Fsp3) is 0. The molecule has 0 aliphatic rings. The van der Waals surface area contributed by atoms with Crippen LogP contribution in [-0.2, 0) is 0 Å². The van der Waals surface area contributed by atoms with E-state index in [1.54, 1.807) is 0 Å². The molecule has 0 amide bonds. The lowest BCUT2D eigenvalue weighted by atomic mass is 9.94. The van der Waals surface area contributed by atoms with E-state index in [2.05, 4.69) is 193 Å². The molecular weight excluding hydrogens is 671 g/mol. The molecule has 0 fully saturated rings. The Labute approximate surface area is 317 Å². The summed E-state index contributed by atoms with van der Waals surface area (Å²) in [6.45, 7) is 0. The molecule has 0 atom stereocenters. The molecule has 0 saturated carbocycles. The van der Waals surface area contributed by atoms with E-state index < -0.39 is 0 Å². The Bertz CT molecular complexity index is 3180. The molecule has 0 spiro atoms. The molecule has 0 aliphatic heterocycles. The lowest BCUT2D eigenvalue weighted by Gasteiger charge is -2.26. The van der Waals surface area contributed by atoms with Crippen LogP contribution in [0.5, 0.6) is 0 Å². The molecule has 258 valence electrons. The van der Waals surface area contributed by atoms with Gasteiger partial charge in [-0.1, -0.05) is 158 Å². The second kappa shape index (κ2) is 12.6. The molecule has 11 rings (SSSR count). The number of fused-ring (bicyclic) bond motifs is 8. The van der Waals surface area contributed by atoms with Crippen molar-refractivity contribution >= 4 is 71.7 Å². The second-order valence-electron chi connectivity index (χ2n) is 14.0. The van der Waals surface area contributed by atoms with Gasteiger partial charge in [0.25, 0.3) is 0 Å². The lowest BCUT2D eigenvalue weighted by molar-refractivity contribution is 0.668. The molecule has 0 N–H and O–H groups in total. The standard InChI is InChI=1S/C52H33NO2/c1-3-12-34(13-4-1)36-24-26-38(27-25-36)40-17-9-18-42-41(40)32-33-49-50(42)44-19-10-21-46(52(44)55-49)53(39-30-28-37(29-31-39)35-14-5-2-6-15-35)45-20-11-23-48-51(45)43-16-7-8-22-47(43)54-48/h1-33H. The van der Waals surface area contributed by atoms with Crippen LogP contribution in [0.25, 0.3) is 88.0 Å². The number of hydrogen-bond acceptors (Lipinski definition) is 3. The number of anilines is 3. The van der Waals surface area contributed by atoms with E-state index in [-0.39, 0.29) is 0 Å². The van der Waals surface area contributed by atoms with Crippen molar-refractivity contribution in [1.29, 1.82) is 0 Å². The molecule has 11 aromatic rings. The third-order valence-corrected chi connectivity index (χ3v) is 10.9. The van der Waals surface area contributed by atoms with Gasteiger partial charge in [0.15, 0.2) is 5.58 Å². The maximum atomic E-state index is 6.93.